The fraction of sp³-hybridized carbons (Fsp3) is 0.346. The normalized spacial score (nSPS) is 15.1. The summed E-state index contributed by atoms with van der Waals surface area (Å²) >= 11 is 0. The van der Waals surface area contributed by atoms with Crippen molar-refractivity contribution in [3.8, 4) is 17.2 Å². The van der Waals surface area contributed by atoms with Crippen molar-refractivity contribution in [2.24, 2.45) is 0 Å². The van der Waals surface area contributed by atoms with Crippen LogP contribution in [-0.4, -0.2) is 67.4 Å². The number of carbonyl (C=O) groups excluding carboxylic acids is 2. The third-order valence-electron chi connectivity index (χ3n) is 6.17. The smallest absolute Gasteiger partial charge is 0.340 e. The fourth-order valence-electron chi connectivity index (χ4n) is 4.39. The van der Waals surface area contributed by atoms with E-state index in [4.69, 9.17) is 18.9 Å². The molecule has 0 saturated carbocycles. The minimum Gasteiger partial charge on any atom is -0.486 e. The summed E-state index contributed by atoms with van der Waals surface area (Å²) in [5, 5.41) is 0. The number of benzene rings is 1. The van der Waals surface area contributed by atoms with Gasteiger partial charge in [-0.1, -0.05) is 0 Å². The number of hydrogen-bond donors (Lipinski definition) is 0. The van der Waals surface area contributed by atoms with Crippen molar-refractivity contribution in [1.82, 2.24) is 9.55 Å². The summed E-state index contributed by atoms with van der Waals surface area (Å²) in [5.74, 6) is 1.31. The highest BCUT2D eigenvalue weighted by atomic mass is 16.6. The molecule has 1 fully saturated rings. The topological polar surface area (TPSA) is 92.1 Å². The van der Waals surface area contributed by atoms with Crippen LogP contribution in [0, 0.1) is 13.8 Å². The van der Waals surface area contributed by atoms with Crippen LogP contribution in [0.5, 0.6) is 11.5 Å². The molecular weight excluding hydrogens is 450 g/mol. The number of pyridine rings is 1. The highest BCUT2D eigenvalue weighted by Gasteiger charge is 2.21. The molecule has 1 aromatic carbocycles. The SMILES string of the molecule is Cc1cc(C(=O)COC(=O)c2ccc(N3CCOCC3)nc2)c(C)n1-c1ccc2c(c1)OCCO2. The van der Waals surface area contributed by atoms with Crippen LogP contribution in [-0.2, 0) is 9.47 Å². The van der Waals surface area contributed by atoms with E-state index in [1.807, 2.05) is 36.6 Å². The molecule has 182 valence electrons. The van der Waals surface area contributed by atoms with E-state index in [9.17, 15) is 9.59 Å². The lowest BCUT2D eigenvalue weighted by molar-refractivity contribution is 0.0474. The molecule has 0 radical (unpaired) electrons. The molecule has 1 saturated heterocycles. The van der Waals surface area contributed by atoms with E-state index >= 15 is 0 Å². The Kier molecular flexibility index (Phi) is 6.41. The summed E-state index contributed by atoms with van der Waals surface area (Å²) in [7, 11) is 0. The van der Waals surface area contributed by atoms with Crippen LogP contribution >= 0.6 is 0 Å². The first-order chi connectivity index (χ1) is 17.0. The number of aryl methyl sites for hydroxylation is 1. The van der Waals surface area contributed by atoms with Crippen molar-refractivity contribution in [2.45, 2.75) is 13.8 Å². The van der Waals surface area contributed by atoms with E-state index in [2.05, 4.69) is 9.88 Å². The summed E-state index contributed by atoms with van der Waals surface area (Å²) in [6, 6.07) is 10.9. The Hall–Kier alpha value is -3.85. The minimum absolute atomic E-state index is 0.270. The van der Waals surface area contributed by atoms with Gasteiger partial charge in [-0.3, -0.25) is 4.79 Å². The average molecular weight is 478 g/mol. The number of esters is 1. The van der Waals surface area contributed by atoms with E-state index in [-0.39, 0.29) is 12.4 Å². The van der Waals surface area contributed by atoms with Gasteiger partial charge in [-0.05, 0) is 44.2 Å². The molecule has 0 atom stereocenters. The van der Waals surface area contributed by atoms with E-state index in [0.717, 1.165) is 36.0 Å². The zero-order chi connectivity index (χ0) is 24.4. The standard InChI is InChI=1S/C26H27N3O6/c1-17-13-21(18(2)29(17)20-4-5-23-24(14-20)34-12-11-33-23)22(30)16-35-26(31)19-3-6-25(27-15-19)28-7-9-32-10-8-28/h3-6,13-15H,7-12,16H2,1-2H3. The second-order valence-electron chi connectivity index (χ2n) is 8.45. The van der Waals surface area contributed by atoms with Crippen molar-refractivity contribution in [3.63, 3.8) is 0 Å². The van der Waals surface area contributed by atoms with Gasteiger partial charge in [0.2, 0.25) is 5.78 Å². The highest BCUT2D eigenvalue weighted by Crippen LogP contribution is 2.33. The van der Waals surface area contributed by atoms with Gasteiger partial charge in [0, 0.05) is 48.0 Å². The summed E-state index contributed by atoms with van der Waals surface area (Å²) < 4.78 is 23.9. The Morgan fingerprint density at radius 3 is 2.49 bits per heavy atom. The third-order valence-corrected chi connectivity index (χ3v) is 6.17. The van der Waals surface area contributed by atoms with E-state index < -0.39 is 5.97 Å². The van der Waals surface area contributed by atoms with Crippen LogP contribution < -0.4 is 14.4 Å². The molecule has 2 aromatic heterocycles. The third kappa shape index (κ3) is 4.72. The maximum Gasteiger partial charge on any atom is 0.340 e. The first-order valence-corrected chi connectivity index (χ1v) is 11.6. The van der Waals surface area contributed by atoms with Crippen molar-refractivity contribution in [3.05, 3.63) is 65.1 Å². The molecule has 0 unspecified atom stereocenters. The molecule has 9 nitrogen and oxygen atoms in total. The lowest BCUT2D eigenvalue weighted by atomic mass is 10.1. The van der Waals surface area contributed by atoms with Crippen LogP contribution in [0.1, 0.15) is 32.1 Å². The van der Waals surface area contributed by atoms with Crippen LogP contribution in [0.25, 0.3) is 5.69 Å². The van der Waals surface area contributed by atoms with Gasteiger partial charge >= 0.3 is 5.97 Å². The molecule has 0 bridgehead atoms. The predicted octanol–water partition coefficient (Wildman–Crippen LogP) is 3.14. The number of hydrogen-bond acceptors (Lipinski definition) is 8. The van der Waals surface area contributed by atoms with Gasteiger partial charge < -0.3 is 28.4 Å². The van der Waals surface area contributed by atoms with Gasteiger partial charge in [0.05, 0.1) is 18.8 Å². The number of carbonyl (C=O) groups is 2. The Morgan fingerprint density at radius 2 is 1.74 bits per heavy atom. The van der Waals surface area contributed by atoms with Crippen molar-refractivity contribution < 1.29 is 28.5 Å². The van der Waals surface area contributed by atoms with Gasteiger partial charge in [0.25, 0.3) is 0 Å². The summed E-state index contributed by atoms with van der Waals surface area (Å²) in [4.78, 5) is 31.9. The lowest BCUT2D eigenvalue weighted by Crippen LogP contribution is -2.36. The largest absolute Gasteiger partial charge is 0.486 e. The highest BCUT2D eigenvalue weighted by molar-refractivity contribution is 6.00. The zero-order valence-electron chi connectivity index (χ0n) is 19.8. The number of fused-ring (bicyclic) bond motifs is 1. The maximum absolute atomic E-state index is 12.9. The number of morpholine rings is 1. The Balaban J connectivity index is 1.25. The Morgan fingerprint density at radius 1 is 0.971 bits per heavy atom. The van der Waals surface area contributed by atoms with Crippen LogP contribution in [0.15, 0.2) is 42.6 Å². The Labute approximate surface area is 203 Å². The van der Waals surface area contributed by atoms with Gasteiger partial charge in [0.15, 0.2) is 18.1 Å². The first-order valence-electron chi connectivity index (χ1n) is 11.6. The molecule has 4 heterocycles. The molecule has 2 aliphatic heterocycles. The van der Waals surface area contributed by atoms with E-state index in [0.29, 0.717) is 49.1 Å². The first kappa shape index (κ1) is 22.9. The zero-order valence-corrected chi connectivity index (χ0v) is 19.8. The van der Waals surface area contributed by atoms with Crippen LogP contribution in [0.3, 0.4) is 0 Å². The molecule has 0 aliphatic carbocycles. The van der Waals surface area contributed by atoms with Crippen molar-refractivity contribution in [2.75, 3.05) is 51.0 Å². The van der Waals surface area contributed by atoms with Crippen molar-refractivity contribution in [1.29, 1.82) is 0 Å². The molecule has 3 aromatic rings. The number of nitrogens with zero attached hydrogens (tertiary/aromatic N) is 3. The monoisotopic (exact) mass is 477 g/mol. The minimum atomic E-state index is -0.583. The van der Waals surface area contributed by atoms with Gasteiger partial charge in [0.1, 0.15) is 19.0 Å². The van der Waals surface area contributed by atoms with Gasteiger partial charge in [-0.15, -0.1) is 0 Å². The van der Waals surface area contributed by atoms with Crippen LogP contribution in [0.2, 0.25) is 0 Å². The number of ether oxygens (including phenoxy) is 4. The molecule has 5 rings (SSSR count). The molecule has 35 heavy (non-hydrogen) atoms. The van der Waals surface area contributed by atoms with Gasteiger partial charge in [-0.2, -0.15) is 0 Å². The average Bonchev–Trinajstić information content (AvgIpc) is 3.21. The molecule has 2 aliphatic rings. The summed E-state index contributed by atoms with van der Waals surface area (Å²) in [6.07, 6.45) is 1.48. The second-order valence-corrected chi connectivity index (χ2v) is 8.45. The summed E-state index contributed by atoms with van der Waals surface area (Å²) in [6.45, 7) is 7.30. The number of anilines is 1. The number of ketones is 1. The quantitative estimate of drug-likeness (QED) is 0.395. The lowest BCUT2D eigenvalue weighted by Gasteiger charge is -2.27. The molecular formula is C26H27N3O6. The number of Topliss-reactive ketones (excluding diaryl/α,β-unsaturated/α-hetero) is 1. The molecule has 0 amide bonds. The summed E-state index contributed by atoms with van der Waals surface area (Å²) in [5.41, 5.74) is 3.32. The number of aromatic nitrogens is 2. The van der Waals surface area contributed by atoms with Gasteiger partial charge in [-0.25, -0.2) is 9.78 Å². The van der Waals surface area contributed by atoms with Crippen LogP contribution in [0.4, 0.5) is 5.82 Å². The molecule has 0 spiro atoms. The number of rotatable bonds is 6. The van der Waals surface area contributed by atoms with E-state index in [1.54, 1.807) is 18.2 Å². The van der Waals surface area contributed by atoms with E-state index in [1.165, 1.54) is 6.20 Å². The predicted molar refractivity (Wildman–Crippen MR) is 128 cm³/mol. The molecule has 0 N–H and O–H groups in total. The Bertz CT molecular complexity index is 1240. The second kappa shape index (κ2) is 9.79. The van der Waals surface area contributed by atoms with Crippen molar-refractivity contribution >= 4 is 17.6 Å². The fourth-order valence-corrected chi connectivity index (χ4v) is 4.39. The molecule has 9 heteroatoms. The maximum atomic E-state index is 12.9.